The Bertz CT molecular complexity index is 436. The van der Waals surface area contributed by atoms with Gasteiger partial charge in [-0.2, -0.15) is 0 Å². The Morgan fingerprint density at radius 1 is 1.33 bits per heavy atom. The van der Waals surface area contributed by atoms with Crippen molar-refractivity contribution < 1.29 is 9.13 Å². The summed E-state index contributed by atoms with van der Waals surface area (Å²) in [5.74, 6) is 0.380. The van der Waals surface area contributed by atoms with Gasteiger partial charge in [0.1, 0.15) is 5.82 Å². The van der Waals surface area contributed by atoms with Crippen LogP contribution in [0.3, 0.4) is 0 Å². The van der Waals surface area contributed by atoms with Gasteiger partial charge in [0.05, 0.1) is 11.1 Å². The summed E-state index contributed by atoms with van der Waals surface area (Å²) in [4.78, 5) is 0. The molecule has 1 saturated heterocycles. The van der Waals surface area contributed by atoms with E-state index in [0.29, 0.717) is 18.7 Å². The Hall–Kier alpha value is -0.640. The van der Waals surface area contributed by atoms with E-state index in [-0.39, 0.29) is 10.8 Å². The molecule has 2 unspecified atom stereocenters. The number of ether oxygens (including phenoxy) is 1. The van der Waals surface area contributed by atoms with E-state index in [9.17, 15) is 4.39 Å². The molecule has 0 bridgehead atoms. The molecule has 0 radical (unpaired) electrons. The molecule has 1 aromatic rings. The molecule has 0 aromatic heterocycles. The van der Waals surface area contributed by atoms with Gasteiger partial charge in [0.25, 0.3) is 0 Å². The number of nitrogens with one attached hydrogen (secondary N) is 1. The molecular weight excluding hydrogens is 253 g/mol. The van der Waals surface area contributed by atoms with Crippen LogP contribution in [0.5, 0.6) is 0 Å². The van der Waals surface area contributed by atoms with Crippen molar-refractivity contribution >= 4 is 11.6 Å². The van der Waals surface area contributed by atoms with E-state index in [0.717, 1.165) is 24.5 Å². The monoisotopic (exact) mass is 269 g/mol. The van der Waals surface area contributed by atoms with Crippen molar-refractivity contribution in [3.63, 3.8) is 0 Å². The molecule has 2 atom stereocenters. The van der Waals surface area contributed by atoms with Crippen molar-refractivity contribution in [1.29, 1.82) is 0 Å². The topological polar surface area (TPSA) is 21.3 Å². The zero-order valence-corrected chi connectivity index (χ0v) is 10.9. The standard InChI is InChI=1S/C14H17ClFNO/c15-13-10(2-1-3-11(13)16)8-17-12-6-7-18-14(12)9-4-5-9/h1-3,9,12,14,17H,4-8H2. The third kappa shape index (κ3) is 2.53. The average Bonchev–Trinajstić information content (AvgIpc) is 3.11. The normalized spacial score (nSPS) is 27.7. The summed E-state index contributed by atoms with van der Waals surface area (Å²) in [5.41, 5.74) is 0.818. The lowest BCUT2D eigenvalue weighted by Gasteiger charge is -2.19. The maximum absolute atomic E-state index is 13.3. The maximum atomic E-state index is 13.3. The van der Waals surface area contributed by atoms with Crippen LogP contribution in [0.1, 0.15) is 24.8 Å². The summed E-state index contributed by atoms with van der Waals surface area (Å²) >= 11 is 5.94. The zero-order chi connectivity index (χ0) is 12.5. The molecule has 2 nitrogen and oxygen atoms in total. The van der Waals surface area contributed by atoms with E-state index >= 15 is 0 Å². The molecule has 1 aliphatic heterocycles. The molecule has 1 saturated carbocycles. The Morgan fingerprint density at radius 3 is 2.94 bits per heavy atom. The van der Waals surface area contributed by atoms with Crippen LogP contribution < -0.4 is 5.32 Å². The lowest BCUT2D eigenvalue weighted by Crippen LogP contribution is -2.37. The highest BCUT2D eigenvalue weighted by Crippen LogP contribution is 2.38. The largest absolute Gasteiger partial charge is 0.376 e. The first-order valence-corrected chi connectivity index (χ1v) is 6.91. The van der Waals surface area contributed by atoms with E-state index in [1.807, 2.05) is 6.07 Å². The van der Waals surface area contributed by atoms with Gasteiger partial charge < -0.3 is 10.1 Å². The van der Waals surface area contributed by atoms with Crippen LogP contribution in [0.4, 0.5) is 4.39 Å². The summed E-state index contributed by atoms with van der Waals surface area (Å²) in [6.07, 6.45) is 3.94. The lowest BCUT2D eigenvalue weighted by atomic mass is 10.1. The molecule has 2 aliphatic rings. The minimum Gasteiger partial charge on any atom is -0.376 e. The van der Waals surface area contributed by atoms with Gasteiger partial charge in [-0.25, -0.2) is 4.39 Å². The number of benzene rings is 1. The third-order valence-corrected chi connectivity index (χ3v) is 4.23. The zero-order valence-electron chi connectivity index (χ0n) is 10.2. The molecule has 4 heteroatoms. The van der Waals surface area contributed by atoms with Crippen molar-refractivity contribution in [2.45, 2.75) is 38.0 Å². The van der Waals surface area contributed by atoms with Gasteiger partial charge in [-0.15, -0.1) is 0 Å². The van der Waals surface area contributed by atoms with E-state index in [4.69, 9.17) is 16.3 Å². The summed E-state index contributed by atoms with van der Waals surface area (Å²) in [6.45, 7) is 1.43. The number of hydrogen-bond donors (Lipinski definition) is 1. The molecule has 1 N–H and O–H groups in total. The Morgan fingerprint density at radius 2 is 2.17 bits per heavy atom. The predicted octanol–water partition coefficient (Wildman–Crippen LogP) is 3.14. The predicted molar refractivity (Wildman–Crippen MR) is 69.1 cm³/mol. The second-order valence-corrected chi connectivity index (χ2v) is 5.54. The number of hydrogen-bond acceptors (Lipinski definition) is 2. The summed E-state index contributed by atoms with van der Waals surface area (Å²) < 4.78 is 19.1. The van der Waals surface area contributed by atoms with Crippen molar-refractivity contribution in [2.24, 2.45) is 5.92 Å². The first-order valence-electron chi connectivity index (χ1n) is 6.53. The van der Waals surface area contributed by atoms with Gasteiger partial charge in [-0.3, -0.25) is 0 Å². The molecule has 1 aliphatic carbocycles. The van der Waals surface area contributed by atoms with Gasteiger partial charge in [0.2, 0.25) is 0 Å². The average molecular weight is 270 g/mol. The molecule has 1 aromatic carbocycles. The smallest absolute Gasteiger partial charge is 0.142 e. The minimum atomic E-state index is -0.350. The Kier molecular flexibility index (Phi) is 3.55. The Labute approximate surface area is 111 Å². The highest BCUT2D eigenvalue weighted by atomic mass is 35.5. The van der Waals surface area contributed by atoms with Gasteiger partial charge in [0.15, 0.2) is 0 Å². The molecular formula is C14H17ClFNO. The van der Waals surface area contributed by atoms with Gasteiger partial charge in [-0.05, 0) is 36.8 Å². The van der Waals surface area contributed by atoms with Crippen molar-refractivity contribution in [1.82, 2.24) is 5.32 Å². The van der Waals surface area contributed by atoms with E-state index in [1.54, 1.807) is 6.07 Å². The third-order valence-electron chi connectivity index (χ3n) is 3.81. The van der Waals surface area contributed by atoms with Crippen LogP contribution in [0.25, 0.3) is 0 Å². The summed E-state index contributed by atoms with van der Waals surface area (Å²) in [5, 5.41) is 3.69. The van der Waals surface area contributed by atoms with Gasteiger partial charge >= 0.3 is 0 Å². The van der Waals surface area contributed by atoms with E-state index in [2.05, 4.69) is 5.32 Å². The molecule has 0 spiro atoms. The van der Waals surface area contributed by atoms with Gasteiger partial charge in [-0.1, -0.05) is 23.7 Å². The van der Waals surface area contributed by atoms with Gasteiger partial charge in [0, 0.05) is 19.2 Å². The van der Waals surface area contributed by atoms with Crippen molar-refractivity contribution in [3.8, 4) is 0 Å². The molecule has 98 valence electrons. The molecule has 2 fully saturated rings. The number of rotatable bonds is 4. The maximum Gasteiger partial charge on any atom is 0.142 e. The molecule has 0 amide bonds. The van der Waals surface area contributed by atoms with Crippen LogP contribution >= 0.6 is 11.6 Å². The fourth-order valence-corrected chi connectivity index (χ4v) is 2.84. The van der Waals surface area contributed by atoms with Crippen LogP contribution in [-0.4, -0.2) is 18.8 Å². The molecule has 3 rings (SSSR count). The second kappa shape index (κ2) is 5.16. The van der Waals surface area contributed by atoms with E-state index < -0.39 is 0 Å². The minimum absolute atomic E-state index is 0.229. The fourth-order valence-electron chi connectivity index (χ4n) is 2.65. The summed E-state index contributed by atoms with van der Waals surface area (Å²) in [7, 11) is 0. The van der Waals surface area contributed by atoms with Crippen molar-refractivity contribution in [2.75, 3.05) is 6.61 Å². The molecule has 18 heavy (non-hydrogen) atoms. The van der Waals surface area contributed by atoms with E-state index in [1.165, 1.54) is 18.9 Å². The second-order valence-electron chi connectivity index (χ2n) is 5.16. The quantitative estimate of drug-likeness (QED) is 0.907. The SMILES string of the molecule is Fc1cccc(CNC2CCOC2C2CC2)c1Cl. The van der Waals surface area contributed by atoms with Crippen LogP contribution in [-0.2, 0) is 11.3 Å². The Balaban J connectivity index is 1.61. The highest BCUT2D eigenvalue weighted by Gasteiger charge is 2.40. The van der Waals surface area contributed by atoms with Crippen LogP contribution in [0, 0.1) is 11.7 Å². The fraction of sp³-hybridized carbons (Fsp3) is 0.571. The highest BCUT2D eigenvalue weighted by molar-refractivity contribution is 6.31. The number of halogens is 2. The van der Waals surface area contributed by atoms with Crippen LogP contribution in [0.2, 0.25) is 5.02 Å². The first kappa shape index (κ1) is 12.4. The first-order chi connectivity index (χ1) is 8.75. The lowest BCUT2D eigenvalue weighted by molar-refractivity contribution is 0.0809. The van der Waals surface area contributed by atoms with Crippen molar-refractivity contribution in [3.05, 3.63) is 34.6 Å². The van der Waals surface area contributed by atoms with Crippen LogP contribution in [0.15, 0.2) is 18.2 Å². The summed E-state index contributed by atoms with van der Waals surface area (Å²) in [6, 6.07) is 5.33. The molecule has 1 heterocycles.